The van der Waals surface area contributed by atoms with Gasteiger partial charge in [-0.2, -0.15) is 0 Å². The first kappa shape index (κ1) is 15.7. The molecular formula is C18H23FN2. The van der Waals surface area contributed by atoms with Crippen molar-refractivity contribution in [2.24, 2.45) is 0 Å². The van der Waals surface area contributed by atoms with Crippen LogP contribution in [-0.4, -0.2) is 19.0 Å². The first-order valence-corrected chi connectivity index (χ1v) is 7.24. The highest BCUT2D eigenvalue weighted by Gasteiger charge is 2.08. The lowest BCUT2D eigenvalue weighted by Gasteiger charge is -2.18. The monoisotopic (exact) mass is 286 g/mol. The van der Waals surface area contributed by atoms with Crippen LogP contribution < -0.4 is 5.32 Å². The molecule has 0 unspecified atom stereocenters. The van der Waals surface area contributed by atoms with Crippen LogP contribution >= 0.6 is 0 Å². The number of hydrogen-bond donors (Lipinski definition) is 1. The molecule has 0 fully saturated rings. The number of aryl methyl sites for hydroxylation is 1. The number of hydrogen-bond acceptors (Lipinski definition) is 2. The molecule has 0 amide bonds. The van der Waals surface area contributed by atoms with E-state index in [1.54, 1.807) is 6.07 Å². The Morgan fingerprint density at radius 1 is 1.05 bits per heavy atom. The molecule has 21 heavy (non-hydrogen) atoms. The molecular weight excluding hydrogens is 263 g/mol. The van der Waals surface area contributed by atoms with Crippen LogP contribution in [-0.2, 0) is 19.6 Å². The van der Waals surface area contributed by atoms with Crippen LogP contribution in [0.25, 0.3) is 0 Å². The molecule has 0 aromatic heterocycles. The fraction of sp³-hybridized carbons (Fsp3) is 0.333. The third-order valence-electron chi connectivity index (χ3n) is 3.47. The molecule has 0 aliphatic rings. The molecule has 0 aliphatic carbocycles. The average Bonchev–Trinajstić information content (AvgIpc) is 2.43. The van der Waals surface area contributed by atoms with E-state index in [1.807, 2.05) is 26.2 Å². The zero-order valence-electron chi connectivity index (χ0n) is 13.0. The minimum atomic E-state index is -0.133. The van der Waals surface area contributed by atoms with Crippen LogP contribution in [0, 0.1) is 12.7 Å². The second-order valence-electron chi connectivity index (χ2n) is 5.62. The summed E-state index contributed by atoms with van der Waals surface area (Å²) in [4.78, 5) is 2.14. The van der Waals surface area contributed by atoms with E-state index in [2.05, 4.69) is 41.4 Å². The molecule has 2 nitrogen and oxygen atoms in total. The second-order valence-corrected chi connectivity index (χ2v) is 5.62. The molecule has 0 heterocycles. The van der Waals surface area contributed by atoms with Crippen molar-refractivity contribution in [1.82, 2.24) is 10.2 Å². The van der Waals surface area contributed by atoms with Gasteiger partial charge in [-0.1, -0.05) is 42.0 Å². The summed E-state index contributed by atoms with van der Waals surface area (Å²) in [6, 6.07) is 13.8. The van der Waals surface area contributed by atoms with Crippen molar-refractivity contribution >= 4 is 0 Å². The average molecular weight is 286 g/mol. The SMILES string of the molecule is CNCc1ccc(F)c(CN(C)Cc2cccc(C)c2)c1. The molecule has 2 aromatic carbocycles. The Hall–Kier alpha value is -1.71. The van der Waals surface area contributed by atoms with E-state index in [9.17, 15) is 4.39 Å². The smallest absolute Gasteiger partial charge is 0.127 e. The number of rotatable bonds is 6. The number of halogens is 1. The highest BCUT2D eigenvalue weighted by Crippen LogP contribution is 2.14. The maximum Gasteiger partial charge on any atom is 0.127 e. The molecule has 112 valence electrons. The van der Waals surface area contributed by atoms with Crippen molar-refractivity contribution in [1.29, 1.82) is 0 Å². The molecule has 0 atom stereocenters. The summed E-state index contributed by atoms with van der Waals surface area (Å²) in [5.41, 5.74) is 4.36. The van der Waals surface area contributed by atoms with E-state index in [0.717, 1.165) is 24.2 Å². The lowest BCUT2D eigenvalue weighted by Crippen LogP contribution is -2.18. The zero-order chi connectivity index (χ0) is 15.2. The molecule has 2 aromatic rings. The van der Waals surface area contributed by atoms with Crippen LogP contribution in [0.3, 0.4) is 0 Å². The summed E-state index contributed by atoms with van der Waals surface area (Å²) in [6.07, 6.45) is 0. The van der Waals surface area contributed by atoms with Crippen LogP contribution in [0.5, 0.6) is 0 Å². The van der Waals surface area contributed by atoms with Gasteiger partial charge >= 0.3 is 0 Å². The van der Waals surface area contributed by atoms with Gasteiger partial charge in [0.05, 0.1) is 0 Å². The predicted octanol–water partition coefficient (Wildman–Crippen LogP) is 3.49. The first-order valence-electron chi connectivity index (χ1n) is 7.24. The summed E-state index contributed by atoms with van der Waals surface area (Å²) >= 11 is 0. The highest BCUT2D eigenvalue weighted by atomic mass is 19.1. The highest BCUT2D eigenvalue weighted by molar-refractivity contribution is 5.26. The van der Waals surface area contributed by atoms with Crippen LogP contribution in [0.1, 0.15) is 22.3 Å². The Kier molecular flexibility index (Phi) is 5.48. The number of benzene rings is 2. The fourth-order valence-electron chi connectivity index (χ4n) is 2.53. The predicted molar refractivity (Wildman–Crippen MR) is 85.5 cm³/mol. The normalized spacial score (nSPS) is 11.1. The van der Waals surface area contributed by atoms with Gasteiger partial charge in [0.25, 0.3) is 0 Å². The van der Waals surface area contributed by atoms with Gasteiger partial charge in [0.15, 0.2) is 0 Å². The lowest BCUT2D eigenvalue weighted by atomic mass is 10.1. The fourth-order valence-corrected chi connectivity index (χ4v) is 2.53. The molecule has 0 saturated carbocycles. The molecule has 0 saturated heterocycles. The van der Waals surface area contributed by atoms with Gasteiger partial charge in [-0.15, -0.1) is 0 Å². The van der Waals surface area contributed by atoms with Gasteiger partial charge in [-0.3, -0.25) is 4.90 Å². The Bertz CT molecular complexity index is 596. The van der Waals surface area contributed by atoms with Gasteiger partial charge in [0, 0.05) is 25.2 Å². The summed E-state index contributed by atoms with van der Waals surface area (Å²) in [7, 11) is 3.92. The maximum atomic E-state index is 13.9. The van der Waals surface area contributed by atoms with Crippen molar-refractivity contribution in [3.63, 3.8) is 0 Å². The van der Waals surface area contributed by atoms with Crippen molar-refractivity contribution in [2.45, 2.75) is 26.6 Å². The van der Waals surface area contributed by atoms with Gasteiger partial charge < -0.3 is 5.32 Å². The van der Waals surface area contributed by atoms with Crippen molar-refractivity contribution < 1.29 is 4.39 Å². The molecule has 0 spiro atoms. The molecule has 3 heteroatoms. The van der Waals surface area contributed by atoms with E-state index in [-0.39, 0.29) is 5.82 Å². The number of nitrogens with zero attached hydrogens (tertiary/aromatic N) is 1. The molecule has 1 N–H and O–H groups in total. The van der Waals surface area contributed by atoms with Crippen LogP contribution in [0.15, 0.2) is 42.5 Å². The molecule has 0 bridgehead atoms. The summed E-state index contributed by atoms with van der Waals surface area (Å²) in [6.45, 7) is 4.27. The summed E-state index contributed by atoms with van der Waals surface area (Å²) < 4.78 is 13.9. The Balaban J connectivity index is 2.05. The molecule has 2 rings (SSSR count). The second kappa shape index (κ2) is 7.34. The zero-order valence-corrected chi connectivity index (χ0v) is 13.0. The first-order chi connectivity index (χ1) is 10.1. The van der Waals surface area contributed by atoms with Crippen LogP contribution in [0.2, 0.25) is 0 Å². The van der Waals surface area contributed by atoms with Gasteiger partial charge in [-0.25, -0.2) is 4.39 Å². The quantitative estimate of drug-likeness (QED) is 0.874. The largest absolute Gasteiger partial charge is 0.316 e. The summed E-state index contributed by atoms with van der Waals surface area (Å²) in [5, 5.41) is 3.09. The van der Waals surface area contributed by atoms with Crippen molar-refractivity contribution in [2.75, 3.05) is 14.1 Å². The maximum absolute atomic E-state index is 13.9. The van der Waals surface area contributed by atoms with E-state index in [4.69, 9.17) is 0 Å². The molecule has 0 aliphatic heterocycles. The van der Waals surface area contributed by atoms with Gasteiger partial charge in [0.2, 0.25) is 0 Å². The van der Waals surface area contributed by atoms with E-state index in [1.165, 1.54) is 11.1 Å². The van der Waals surface area contributed by atoms with Crippen molar-refractivity contribution in [3.05, 3.63) is 70.5 Å². The van der Waals surface area contributed by atoms with Crippen LogP contribution in [0.4, 0.5) is 4.39 Å². The topological polar surface area (TPSA) is 15.3 Å². The minimum absolute atomic E-state index is 0.133. The standard InChI is InChI=1S/C18H23FN2/c1-14-5-4-6-16(9-14)12-21(3)13-17-10-15(11-20-2)7-8-18(17)19/h4-10,20H,11-13H2,1-3H3. The Morgan fingerprint density at radius 3 is 2.57 bits per heavy atom. The van der Waals surface area contributed by atoms with E-state index < -0.39 is 0 Å². The third kappa shape index (κ3) is 4.66. The lowest BCUT2D eigenvalue weighted by molar-refractivity contribution is 0.313. The Labute approximate surface area is 126 Å². The van der Waals surface area contributed by atoms with E-state index in [0.29, 0.717) is 6.54 Å². The van der Waals surface area contributed by atoms with Gasteiger partial charge in [-0.05, 0) is 38.2 Å². The molecule has 0 radical (unpaired) electrons. The summed E-state index contributed by atoms with van der Waals surface area (Å²) in [5.74, 6) is -0.133. The number of nitrogens with one attached hydrogen (secondary N) is 1. The Morgan fingerprint density at radius 2 is 1.86 bits per heavy atom. The van der Waals surface area contributed by atoms with E-state index >= 15 is 0 Å². The minimum Gasteiger partial charge on any atom is -0.316 e. The van der Waals surface area contributed by atoms with Gasteiger partial charge in [0.1, 0.15) is 5.82 Å². The third-order valence-corrected chi connectivity index (χ3v) is 3.47. The van der Waals surface area contributed by atoms with Crippen molar-refractivity contribution in [3.8, 4) is 0 Å².